The van der Waals surface area contributed by atoms with E-state index in [9.17, 15) is 8.78 Å². The minimum Gasteiger partial charge on any atom is -0.314 e. The Morgan fingerprint density at radius 3 is 2.73 bits per heavy atom. The van der Waals surface area contributed by atoms with Gasteiger partial charge in [-0.1, -0.05) is 11.6 Å². The Morgan fingerprint density at radius 1 is 1.27 bits per heavy atom. The number of piperazine rings is 1. The minimum absolute atomic E-state index is 0.0229. The van der Waals surface area contributed by atoms with E-state index < -0.39 is 11.6 Å². The fourth-order valence-corrected chi connectivity index (χ4v) is 1.88. The van der Waals surface area contributed by atoms with Crippen molar-refractivity contribution in [3.63, 3.8) is 0 Å². The molecule has 1 saturated heterocycles. The van der Waals surface area contributed by atoms with Crippen molar-refractivity contribution in [3.05, 3.63) is 34.4 Å². The lowest BCUT2D eigenvalue weighted by Crippen LogP contribution is -2.43. The summed E-state index contributed by atoms with van der Waals surface area (Å²) < 4.78 is 27.1. The molecular formula is C10H11ClF2N2. The van der Waals surface area contributed by atoms with Gasteiger partial charge in [0.1, 0.15) is 11.6 Å². The van der Waals surface area contributed by atoms with Crippen LogP contribution in [0.5, 0.6) is 0 Å². The quantitative estimate of drug-likeness (QED) is 0.723. The molecule has 82 valence electrons. The average molecular weight is 233 g/mol. The van der Waals surface area contributed by atoms with Gasteiger partial charge in [-0.15, -0.1) is 0 Å². The summed E-state index contributed by atoms with van der Waals surface area (Å²) in [6.45, 7) is 2.00. The molecule has 0 bridgehead atoms. The summed E-state index contributed by atoms with van der Waals surface area (Å²) in [5, 5.41) is 6.07. The van der Waals surface area contributed by atoms with Gasteiger partial charge >= 0.3 is 0 Å². The van der Waals surface area contributed by atoms with Crippen LogP contribution in [0.2, 0.25) is 5.02 Å². The molecule has 0 radical (unpaired) electrons. The van der Waals surface area contributed by atoms with Crippen molar-refractivity contribution in [2.24, 2.45) is 0 Å². The summed E-state index contributed by atoms with van der Waals surface area (Å²) in [5.74, 6) is -1.23. The molecule has 1 heterocycles. The molecule has 0 amide bonds. The topological polar surface area (TPSA) is 24.1 Å². The lowest BCUT2D eigenvalue weighted by molar-refractivity contribution is 0.401. The number of nitrogens with one attached hydrogen (secondary N) is 2. The summed E-state index contributed by atoms with van der Waals surface area (Å²) in [5.41, 5.74) is 0.0229. The van der Waals surface area contributed by atoms with Crippen LogP contribution >= 0.6 is 11.6 Å². The highest BCUT2D eigenvalue weighted by Crippen LogP contribution is 2.26. The zero-order chi connectivity index (χ0) is 10.8. The molecule has 0 spiro atoms. The van der Waals surface area contributed by atoms with Crippen LogP contribution in [0.1, 0.15) is 11.6 Å². The maximum atomic E-state index is 13.6. The van der Waals surface area contributed by atoms with Crippen molar-refractivity contribution in [3.8, 4) is 0 Å². The van der Waals surface area contributed by atoms with Crippen LogP contribution in [0, 0.1) is 11.6 Å². The van der Waals surface area contributed by atoms with Crippen molar-refractivity contribution in [1.82, 2.24) is 10.6 Å². The summed E-state index contributed by atoms with van der Waals surface area (Å²) in [7, 11) is 0. The molecule has 2 nitrogen and oxygen atoms in total. The molecule has 1 aromatic rings. The Morgan fingerprint density at radius 2 is 2.07 bits per heavy atom. The van der Waals surface area contributed by atoms with Gasteiger partial charge in [-0.25, -0.2) is 8.78 Å². The van der Waals surface area contributed by atoms with Gasteiger partial charge in [-0.05, 0) is 12.1 Å². The van der Waals surface area contributed by atoms with Gasteiger partial charge in [0.2, 0.25) is 0 Å². The van der Waals surface area contributed by atoms with E-state index in [4.69, 9.17) is 11.6 Å². The highest BCUT2D eigenvalue weighted by atomic mass is 35.5. The Labute approximate surface area is 91.6 Å². The Balaban J connectivity index is 2.36. The second-order valence-electron chi connectivity index (χ2n) is 3.47. The van der Waals surface area contributed by atoms with E-state index in [1.54, 1.807) is 0 Å². The first-order valence-electron chi connectivity index (χ1n) is 4.77. The van der Waals surface area contributed by atoms with Crippen molar-refractivity contribution >= 4 is 11.6 Å². The van der Waals surface area contributed by atoms with Crippen LogP contribution in [-0.2, 0) is 0 Å². The number of halogens is 3. The molecule has 1 aromatic carbocycles. The van der Waals surface area contributed by atoms with Crippen LogP contribution in [0.4, 0.5) is 8.78 Å². The standard InChI is InChI=1S/C10H11ClF2N2/c11-6-1-2-7(12)9(10(6)13)8-5-14-3-4-15-8/h1-2,8,14-15H,3-5H2/t8-/m0/s1. The fraction of sp³-hybridized carbons (Fsp3) is 0.400. The second-order valence-corrected chi connectivity index (χ2v) is 3.87. The predicted molar refractivity (Wildman–Crippen MR) is 55.0 cm³/mol. The van der Waals surface area contributed by atoms with E-state index in [1.807, 2.05) is 0 Å². The van der Waals surface area contributed by atoms with Crippen LogP contribution < -0.4 is 10.6 Å². The van der Waals surface area contributed by atoms with Gasteiger partial charge in [-0.2, -0.15) is 0 Å². The number of hydrogen-bond donors (Lipinski definition) is 2. The molecular weight excluding hydrogens is 222 g/mol. The van der Waals surface area contributed by atoms with Crippen LogP contribution in [-0.4, -0.2) is 19.6 Å². The normalized spacial score (nSPS) is 21.7. The maximum absolute atomic E-state index is 13.6. The molecule has 1 aliphatic heterocycles. The molecule has 1 fully saturated rings. The summed E-state index contributed by atoms with van der Waals surface area (Å²) >= 11 is 5.62. The van der Waals surface area contributed by atoms with Crippen molar-refractivity contribution in [2.75, 3.05) is 19.6 Å². The first kappa shape index (κ1) is 10.8. The number of hydrogen-bond acceptors (Lipinski definition) is 2. The molecule has 0 aliphatic carbocycles. The maximum Gasteiger partial charge on any atom is 0.149 e. The average Bonchev–Trinajstić information content (AvgIpc) is 2.26. The first-order valence-corrected chi connectivity index (χ1v) is 5.15. The fourth-order valence-electron chi connectivity index (χ4n) is 1.72. The molecule has 1 aliphatic rings. The Bertz CT molecular complexity index is 365. The SMILES string of the molecule is Fc1ccc(Cl)c(F)c1[C@@H]1CNCCN1. The number of rotatable bonds is 1. The minimum atomic E-state index is -0.669. The predicted octanol–water partition coefficient (Wildman–Crippen LogP) is 1.85. The molecule has 2 rings (SSSR count). The molecule has 2 N–H and O–H groups in total. The zero-order valence-corrected chi connectivity index (χ0v) is 8.74. The smallest absolute Gasteiger partial charge is 0.149 e. The van der Waals surface area contributed by atoms with E-state index >= 15 is 0 Å². The Hall–Kier alpha value is -0.710. The van der Waals surface area contributed by atoms with E-state index in [0.29, 0.717) is 13.1 Å². The van der Waals surface area contributed by atoms with Gasteiger partial charge in [0.05, 0.1) is 11.1 Å². The third-order valence-electron chi connectivity index (χ3n) is 2.47. The van der Waals surface area contributed by atoms with E-state index in [0.717, 1.165) is 6.54 Å². The lowest BCUT2D eigenvalue weighted by Gasteiger charge is -2.25. The van der Waals surface area contributed by atoms with Gasteiger partial charge in [0, 0.05) is 25.2 Å². The molecule has 15 heavy (non-hydrogen) atoms. The first-order chi connectivity index (χ1) is 7.20. The van der Waals surface area contributed by atoms with Gasteiger partial charge < -0.3 is 10.6 Å². The third kappa shape index (κ3) is 2.12. The molecule has 1 atom stereocenters. The van der Waals surface area contributed by atoms with Gasteiger partial charge in [0.25, 0.3) is 0 Å². The van der Waals surface area contributed by atoms with Gasteiger partial charge in [-0.3, -0.25) is 0 Å². The van der Waals surface area contributed by atoms with E-state index in [1.165, 1.54) is 12.1 Å². The Kier molecular flexibility index (Phi) is 3.19. The van der Waals surface area contributed by atoms with Gasteiger partial charge in [0.15, 0.2) is 0 Å². The largest absolute Gasteiger partial charge is 0.314 e. The lowest BCUT2D eigenvalue weighted by atomic mass is 10.0. The van der Waals surface area contributed by atoms with Crippen molar-refractivity contribution in [1.29, 1.82) is 0 Å². The summed E-state index contributed by atoms with van der Waals surface area (Å²) in [4.78, 5) is 0. The summed E-state index contributed by atoms with van der Waals surface area (Å²) in [6.07, 6.45) is 0. The van der Waals surface area contributed by atoms with Crippen molar-refractivity contribution < 1.29 is 8.78 Å². The summed E-state index contributed by atoms with van der Waals surface area (Å²) in [6, 6.07) is 2.07. The molecule has 0 saturated carbocycles. The number of benzene rings is 1. The monoisotopic (exact) mass is 232 g/mol. The van der Waals surface area contributed by atoms with Crippen LogP contribution in [0.15, 0.2) is 12.1 Å². The highest BCUT2D eigenvalue weighted by Gasteiger charge is 2.23. The van der Waals surface area contributed by atoms with Crippen LogP contribution in [0.25, 0.3) is 0 Å². The zero-order valence-electron chi connectivity index (χ0n) is 7.99. The van der Waals surface area contributed by atoms with E-state index in [2.05, 4.69) is 10.6 Å². The molecule has 0 unspecified atom stereocenters. The van der Waals surface area contributed by atoms with E-state index in [-0.39, 0.29) is 16.6 Å². The highest BCUT2D eigenvalue weighted by molar-refractivity contribution is 6.30. The molecule has 0 aromatic heterocycles. The second kappa shape index (κ2) is 4.43. The third-order valence-corrected chi connectivity index (χ3v) is 2.76. The van der Waals surface area contributed by atoms with Crippen LogP contribution in [0.3, 0.4) is 0 Å². The van der Waals surface area contributed by atoms with Crippen molar-refractivity contribution in [2.45, 2.75) is 6.04 Å². The molecule has 5 heteroatoms.